The van der Waals surface area contributed by atoms with Crippen molar-refractivity contribution >= 4 is 11.8 Å². The van der Waals surface area contributed by atoms with Crippen molar-refractivity contribution in [1.82, 2.24) is 10.2 Å². The molecule has 2 aromatic rings. The first-order chi connectivity index (χ1) is 13.6. The third-order valence-corrected chi connectivity index (χ3v) is 5.37. The average molecular weight is 380 g/mol. The van der Waals surface area contributed by atoms with E-state index in [9.17, 15) is 9.59 Å². The number of nitrogens with zero attached hydrogens (tertiary/aromatic N) is 1. The van der Waals surface area contributed by atoms with E-state index in [-0.39, 0.29) is 18.6 Å². The number of ether oxygens (including phenoxy) is 2. The zero-order valence-corrected chi connectivity index (χ0v) is 15.9. The second-order valence-electron chi connectivity index (χ2n) is 7.26. The van der Waals surface area contributed by atoms with Crippen LogP contribution in [0.3, 0.4) is 0 Å². The summed E-state index contributed by atoms with van der Waals surface area (Å²) in [5.41, 5.74) is 1.06. The van der Waals surface area contributed by atoms with Gasteiger partial charge in [-0.1, -0.05) is 36.4 Å². The molecule has 1 aliphatic carbocycles. The summed E-state index contributed by atoms with van der Waals surface area (Å²) in [6.45, 7) is 3.62. The minimum Gasteiger partial charge on any atom is -0.454 e. The molecule has 0 saturated heterocycles. The van der Waals surface area contributed by atoms with E-state index >= 15 is 0 Å². The lowest BCUT2D eigenvalue weighted by atomic mass is 10.0. The molecule has 1 saturated carbocycles. The normalized spacial score (nSPS) is 15.8. The van der Waals surface area contributed by atoms with Gasteiger partial charge in [-0.25, -0.2) is 0 Å². The highest BCUT2D eigenvalue weighted by Gasteiger charge is 2.57. The molecule has 0 bridgehead atoms. The Bertz CT molecular complexity index is 877. The Labute approximate surface area is 164 Å². The Hall–Kier alpha value is -3.02. The van der Waals surface area contributed by atoms with Gasteiger partial charge in [0.15, 0.2) is 11.5 Å². The van der Waals surface area contributed by atoms with Gasteiger partial charge < -0.3 is 19.7 Å². The average Bonchev–Trinajstić information content (AvgIpc) is 3.41. The summed E-state index contributed by atoms with van der Waals surface area (Å²) in [5.74, 6) is 1.12. The molecule has 0 radical (unpaired) electrons. The van der Waals surface area contributed by atoms with Gasteiger partial charge in [0.2, 0.25) is 18.6 Å². The van der Waals surface area contributed by atoms with E-state index in [0.717, 1.165) is 11.1 Å². The number of benzene rings is 2. The largest absolute Gasteiger partial charge is 0.454 e. The van der Waals surface area contributed by atoms with Gasteiger partial charge >= 0.3 is 0 Å². The van der Waals surface area contributed by atoms with Crippen LogP contribution in [0.15, 0.2) is 48.5 Å². The van der Waals surface area contributed by atoms with E-state index in [1.165, 1.54) is 0 Å². The Kier molecular flexibility index (Phi) is 4.94. The molecule has 0 spiro atoms. The summed E-state index contributed by atoms with van der Waals surface area (Å²) < 4.78 is 10.7. The molecule has 1 heterocycles. The standard InChI is InChI=1S/C22H24N2O4/c1-2-24(14-16-6-4-3-5-7-16)21(26)22(10-11-22)20(25)23-13-17-8-9-18-19(12-17)28-15-27-18/h3-9,12H,2,10-11,13-15H2,1H3,(H,23,25). The van der Waals surface area contributed by atoms with E-state index < -0.39 is 5.41 Å². The van der Waals surface area contributed by atoms with Gasteiger partial charge in [-0.15, -0.1) is 0 Å². The van der Waals surface area contributed by atoms with Crippen molar-refractivity contribution in [2.45, 2.75) is 32.9 Å². The van der Waals surface area contributed by atoms with E-state index in [1.54, 1.807) is 4.90 Å². The highest BCUT2D eigenvalue weighted by molar-refractivity contribution is 6.07. The first-order valence-electron chi connectivity index (χ1n) is 9.62. The molecule has 2 amide bonds. The maximum Gasteiger partial charge on any atom is 0.238 e. The van der Waals surface area contributed by atoms with Crippen LogP contribution in [-0.2, 0) is 22.7 Å². The van der Waals surface area contributed by atoms with Gasteiger partial charge in [-0.2, -0.15) is 0 Å². The quantitative estimate of drug-likeness (QED) is 0.750. The lowest BCUT2D eigenvalue weighted by Crippen LogP contribution is -2.44. The van der Waals surface area contributed by atoms with Crippen LogP contribution >= 0.6 is 0 Å². The van der Waals surface area contributed by atoms with Crippen LogP contribution in [-0.4, -0.2) is 30.1 Å². The van der Waals surface area contributed by atoms with Crippen LogP contribution in [0, 0.1) is 5.41 Å². The number of nitrogens with one attached hydrogen (secondary N) is 1. The van der Waals surface area contributed by atoms with Gasteiger partial charge in [-0.05, 0) is 43.0 Å². The molecule has 0 aromatic heterocycles. The SMILES string of the molecule is CCN(Cc1ccccc1)C(=O)C1(C(=O)NCc2ccc3c(c2)OCO3)CC1. The van der Waals surface area contributed by atoms with Crippen molar-refractivity contribution in [2.24, 2.45) is 5.41 Å². The second kappa shape index (κ2) is 7.54. The molecule has 28 heavy (non-hydrogen) atoms. The summed E-state index contributed by atoms with van der Waals surface area (Å²) in [7, 11) is 0. The molecule has 2 aromatic carbocycles. The molecule has 1 N–H and O–H groups in total. The van der Waals surface area contributed by atoms with Gasteiger partial charge in [0.25, 0.3) is 0 Å². The fraction of sp³-hybridized carbons (Fsp3) is 0.364. The Morgan fingerprint density at radius 2 is 1.79 bits per heavy atom. The molecule has 2 aliphatic rings. The van der Waals surface area contributed by atoms with Crippen LogP contribution in [0.5, 0.6) is 11.5 Å². The van der Waals surface area contributed by atoms with Crippen LogP contribution in [0.4, 0.5) is 0 Å². The fourth-order valence-corrected chi connectivity index (χ4v) is 3.50. The fourth-order valence-electron chi connectivity index (χ4n) is 3.50. The molecule has 1 aliphatic heterocycles. The van der Waals surface area contributed by atoms with Crippen LogP contribution in [0.25, 0.3) is 0 Å². The van der Waals surface area contributed by atoms with Crippen LogP contribution in [0.1, 0.15) is 30.9 Å². The molecule has 1 fully saturated rings. The summed E-state index contributed by atoms with van der Waals surface area (Å²) in [4.78, 5) is 27.7. The molecule has 6 heteroatoms. The summed E-state index contributed by atoms with van der Waals surface area (Å²) >= 11 is 0. The topological polar surface area (TPSA) is 67.9 Å². The molecular formula is C22H24N2O4. The van der Waals surface area contributed by atoms with E-state index in [1.807, 2.05) is 55.5 Å². The number of amides is 2. The first kappa shape index (κ1) is 18.3. The van der Waals surface area contributed by atoms with E-state index in [4.69, 9.17) is 9.47 Å². The third-order valence-electron chi connectivity index (χ3n) is 5.37. The van der Waals surface area contributed by atoms with Gasteiger partial charge in [-0.3, -0.25) is 9.59 Å². The van der Waals surface area contributed by atoms with Crippen molar-refractivity contribution in [1.29, 1.82) is 0 Å². The third kappa shape index (κ3) is 3.54. The number of hydrogen-bond acceptors (Lipinski definition) is 4. The molecule has 0 unspecified atom stereocenters. The number of carbonyl (C=O) groups excluding carboxylic acids is 2. The van der Waals surface area contributed by atoms with Crippen LogP contribution < -0.4 is 14.8 Å². The summed E-state index contributed by atoms with van der Waals surface area (Å²) in [6, 6.07) is 15.4. The monoisotopic (exact) mass is 380 g/mol. The molecule has 6 nitrogen and oxygen atoms in total. The Morgan fingerprint density at radius 1 is 1.04 bits per heavy atom. The maximum atomic E-state index is 13.1. The minimum atomic E-state index is -0.916. The van der Waals surface area contributed by atoms with Crippen molar-refractivity contribution in [3.63, 3.8) is 0 Å². The highest BCUT2D eigenvalue weighted by Crippen LogP contribution is 2.47. The molecule has 4 rings (SSSR count). The van der Waals surface area contributed by atoms with Gasteiger partial charge in [0.05, 0.1) is 0 Å². The van der Waals surface area contributed by atoms with E-state index in [2.05, 4.69) is 5.32 Å². The van der Waals surface area contributed by atoms with Gasteiger partial charge in [0, 0.05) is 19.6 Å². The second-order valence-corrected chi connectivity index (χ2v) is 7.26. The predicted molar refractivity (Wildman–Crippen MR) is 104 cm³/mol. The van der Waals surface area contributed by atoms with Crippen molar-refractivity contribution in [3.8, 4) is 11.5 Å². The number of rotatable bonds is 7. The molecule has 146 valence electrons. The first-order valence-corrected chi connectivity index (χ1v) is 9.62. The lowest BCUT2D eigenvalue weighted by molar-refractivity contribution is -0.144. The number of carbonyl (C=O) groups is 2. The van der Waals surface area contributed by atoms with Crippen molar-refractivity contribution in [2.75, 3.05) is 13.3 Å². The summed E-state index contributed by atoms with van der Waals surface area (Å²) in [6.07, 6.45) is 1.20. The maximum absolute atomic E-state index is 13.1. The Morgan fingerprint density at radius 3 is 2.50 bits per heavy atom. The predicted octanol–water partition coefficient (Wildman–Crippen LogP) is 2.86. The molecular weight excluding hydrogens is 356 g/mol. The number of hydrogen-bond donors (Lipinski definition) is 1. The van der Waals surface area contributed by atoms with Crippen molar-refractivity contribution in [3.05, 3.63) is 59.7 Å². The smallest absolute Gasteiger partial charge is 0.238 e. The highest BCUT2D eigenvalue weighted by atomic mass is 16.7. The summed E-state index contributed by atoms with van der Waals surface area (Å²) in [5, 5.41) is 2.93. The molecule has 0 atom stereocenters. The van der Waals surface area contributed by atoms with Crippen LogP contribution in [0.2, 0.25) is 0 Å². The zero-order chi connectivity index (χ0) is 19.6. The lowest BCUT2D eigenvalue weighted by Gasteiger charge is -2.26. The Balaban J connectivity index is 1.39. The van der Waals surface area contributed by atoms with Gasteiger partial charge in [0.1, 0.15) is 5.41 Å². The number of fused-ring (bicyclic) bond motifs is 1. The zero-order valence-electron chi connectivity index (χ0n) is 15.9. The minimum absolute atomic E-state index is 0.0814. The van der Waals surface area contributed by atoms with Crippen molar-refractivity contribution < 1.29 is 19.1 Å². The van der Waals surface area contributed by atoms with E-state index in [0.29, 0.717) is 44.0 Å².